The van der Waals surface area contributed by atoms with E-state index in [9.17, 15) is 9.18 Å². The van der Waals surface area contributed by atoms with Crippen LogP contribution < -0.4 is 5.32 Å². The third-order valence-electron chi connectivity index (χ3n) is 3.24. The summed E-state index contributed by atoms with van der Waals surface area (Å²) in [5, 5.41) is 3.14. The van der Waals surface area contributed by atoms with Crippen LogP contribution in [0, 0.1) is 12.7 Å². The number of rotatable bonds is 5. The maximum absolute atomic E-state index is 13.0. The molecule has 112 valence electrons. The molecule has 21 heavy (non-hydrogen) atoms. The number of hydrogen-bond acceptors (Lipinski definition) is 4. The molecule has 4 nitrogen and oxygen atoms in total. The average molecular weight is 291 g/mol. The number of ether oxygens (including phenoxy) is 1. The summed E-state index contributed by atoms with van der Waals surface area (Å²) in [5.41, 5.74) is 0.637. The van der Waals surface area contributed by atoms with Crippen molar-refractivity contribution >= 4 is 5.97 Å². The van der Waals surface area contributed by atoms with Crippen LogP contribution in [0.1, 0.15) is 36.1 Å². The summed E-state index contributed by atoms with van der Waals surface area (Å²) >= 11 is 0. The van der Waals surface area contributed by atoms with Crippen LogP contribution in [0.3, 0.4) is 0 Å². The Morgan fingerprint density at radius 1 is 1.24 bits per heavy atom. The monoisotopic (exact) mass is 291 g/mol. The van der Waals surface area contributed by atoms with Gasteiger partial charge in [0.2, 0.25) is 0 Å². The topological polar surface area (TPSA) is 51.5 Å². The molecule has 0 aliphatic carbocycles. The Morgan fingerprint density at radius 3 is 2.43 bits per heavy atom. The first-order valence-electron chi connectivity index (χ1n) is 6.67. The van der Waals surface area contributed by atoms with Gasteiger partial charge in [0.15, 0.2) is 0 Å². The van der Waals surface area contributed by atoms with Crippen LogP contribution >= 0.6 is 0 Å². The molecule has 0 fully saturated rings. The lowest BCUT2D eigenvalue weighted by Crippen LogP contribution is -2.31. The first kappa shape index (κ1) is 15.3. The number of halogens is 1. The smallest absolute Gasteiger partial charge is 0.327 e. The summed E-state index contributed by atoms with van der Waals surface area (Å²) in [5.74, 6) is 0.743. The third-order valence-corrected chi connectivity index (χ3v) is 3.24. The van der Waals surface area contributed by atoms with Crippen molar-refractivity contribution in [3.05, 3.63) is 59.3 Å². The Kier molecular flexibility index (Phi) is 4.75. The van der Waals surface area contributed by atoms with Crippen molar-refractivity contribution in [2.45, 2.75) is 25.9 Å². The quantitative estimate of drug-likeness (QED) is 0.859. The molecular weight excluding hydrogens is 273 g/mol. The number of benzene rings is 1. The largest absolute Gasteiger partial charge is 0.468 e. The molecule has 0 aliphatic rings. The summed E-state index contributed by atoms with van der Waals surface area (Å²) in [7, 11) is 1.32. The second-order valence-electron chi connectivity index (χ2n) is 4.84. The number of esters is 1. The standard InChI is InChI=1S/C16H18FNO3/c1-10-4-9-14(21-10)11(2)18-15(16(19)20-3)12-5-7-13(17)8-6-12/h4-9,11,15,18H,1-3H3/t11-,15+/m0/s1. The highest BCUT2D eigenvalue weighted by Gasteiger charge is 2.24. The maximum atomic E-state index is 13.0. The Morgan fingerprint density at radius 2 is 1.90 bits per heavy atom. The van der Waals surface area contributed by atoms with Gasteiger partial charge < -0.3 is 9.15 Å². The van der Waals surface area contributed by atoms with E-state index in [1.807, 2.05) is 26.0 Å². The molecule has 2 aromatic rings. The van der Waals surface area contributed by atoms with Gasteiger partial charge in [-0.05, 0) is 43.7 Å². The summed E-state index contributed by atoms with van der Waals surface area (Å²) in [6.07, 6.45) is 0. The van der Waals surface area contributed by atoms with Crippen molar-refractivity contribution in [1.29, 1.82) is 0 Å². The van der Waals surface area contributed by atoms with Gasteiger partial charge in [-0.1, -0.05) is 12.1 Å². The van der Waals surface area contributed by atoms with Gasteiger partial charge in [0.25, 0.3) is 0 Å². The minimum Gasteiger partial charge on any atom is -0.468 e. The van der Waals surface area contributed by atoms with Gasteiger partial charge in [-0.15, -0.1) is 0 Å². The second-order valence-corrected chi connectivity index (χ2v) is 4.84. The van der Waals surface area contributed by atoms with Crippen molar-refractivity contribution in [2.75, 3.05) is 7.11 Å². The van der Waals surface area contributed by atoms with E-state index in [4.69, 9.17) is 9.15 Å². The molecule has 0 aliphatic heterocycles. The number of nitrogens with one attached hydrogen (secondary N) is 1. The predicted octanol–water partition coefficient (Wildman–Crippen LogP) is 3.29. The Bertz CT molecular complexity index is 606. The average Bonchev–Trinajstić information content (AvgIpc) is 2.91. The first-order chi connectivity index (χ1) is 10.0. The number of aryl methyl sites for hydroxylation is 1. The van der Waals surface area contributed by atoms with Crippen LogP contribution in [0.15, 0.2) is 40.8 Å². The lowest BCUT2D eigenvalue weighted by Gasteiger charge is -2.20. The van der Waals surface area contributed by atoms with Crippen molar-refractivity contribution < 1.29 is 18.3 Å². The van der Waals surface area contributed by atoms with Crippen LogP contribution in [0.4, 0.5) is 4.39 Å². The summed E-state index contributed by atoms with van der Waals surface area (Å²) < 4.78 is 23.4. The Balaban J connectivity index is 2.20. The van der Waals surface area contributed by atoms with Crippen molar-refractivity contribution in [2.24, 2.45) is 0 Å². The molecule has 2 rings (SSSR count). The van der Waals surface area contributed by atoms with Gasteiger partial charge >= 0.3 is 5.97 Å². The van der Waals surface area contributed by atoms with Crippen LogP contribution in [0.5, 0.6) is 0 Å². The van der Waals surface area contributed by atoms with E-state index < -0.39 is 12.0 Å². The number of methoxy groups -OCH3 is 1. The first-order valence-corrected chi connectivity index (χ1v) is 6.67. The number of carbonyl (C=O) groups is 1. The van der Waals surface area contributed by atoms with Gasteiger partial charge in [-0.3, -0.25) is 5.32 Å². The zero-order chi connectivity index (χ0) is 15.4. The fourth-order valence-electron chi connectivity index (χ4n) is 2.09. The summed E-state index contributed by atoms with van der Waals surface area (Å²) in [6, 6.07) is 8.59. The van der Waals surface area contributed by atoms with Gasteiger partial charge in [0.1, 0.15) is 23.4 Å². The summed E-state index contributed by atoms with van der Waals surface area (Å²) in [6.45, 7) is 3.74. The van der Waals surface area contributed by atoms with Crippen molar-refractivity contribution in [3.63, 3.8) is 0 Å². The van der Waals surface area contributed by atoms with E-state index >= 15 is 0 Å². The van der Waals surface area contributed by atoms with E-state index in [-0.39, 0.29) is 11.9 Å². The van der Waals surface area contributed by atoms with E-state index in [0.717, 1.165) is 11.5 Å². The molecule has 1 aromatic heterocycles. The molecule has 1 heterocycles. The molecule has 0 bridgehead atoms. The van der Waals surface area contributed by atoms with Gasteiger partial charge in [0, 0.05) is 0 Å². The molecule has 2 atom stereocenters. The number of carbonyl (C=O) groups excluding carboxylic acids is 1. The van der Waals surface area contributed by atoms with Crippen LogP contribution in [0.25, 0.3) is 0 Å². The second kappa shape index (κ2) is 6.54. The molecule has 0 saturated carbocycles. The lowest BCUT2D eigenvalue weighted by atomic mass is 10.1. The fourth-order valence-corrected chi connectivity index (χ4v) is 2.09. The molecular formula is C16H18FNO3. The molecule has 1 aromatic carbocycles. The Labute approximate surface area is 122 Å². The van der Waals surface area contributed by atoms with E-state index in [1.165, 1.54) is 19.2 Å². The van der Waals surface area contributed by atoms with Crippen LogP contribution in [-0.4, -0.2) is 13.1 Å². The maximum Gasteiger partial charge on any atom is 0.327 e. The highest BCUT2D eigenvalue weighted by molar-refractivity contribution is 5.77. The molecule has 0 amide bonds. The normalized spacial score (nSPS) is 13.7. The zero-order valence-electron chi connectivity index (χ0n) is 12.2. The van der Waals surface area contributed by atoms with Crippen LogP contribution in [-0.2, 0) is 9.53 Å². The molecule has 0 unspecified atom stereocenters. The SMILES string of the molecule is COC(=O)[C@H](N[C@@H](C)c1ccc(C)o1)c1ccc(F)cc1. The highest BCUT2D eigenvalue weighted by Crippen LogP contribution is 2.22. The molecule has 0 radical (unpaired) electrons. The number of hydrogen-bond donors (Lipinski definition) is 1. The fraction of sp³-hybridized carbons (Fsp3) is 0.312. The third kappa shape index (κ3) is 3.70. The Hall–Kier alpha value is -2.14. The minimum absolute atomic E-state index is 0.187. The minimum atomic E-state index is -0.684. The van der Waals surface area contributed by atoms with E-state index in [1.54, 1.807) is 12.1 Å². The van der Waals surface area contributed by atoms with E-state index in [2.05, 4.69) is 5.32 Å². The van der Waals surface area contributed by atoms with Crippen molar-refractivity contribution in [3.8, 4) is 0 Å². The van der Waals surface area contributed by atoms with Gasteiger partial charge in [-0.25, -0.2) is 9.18 Å². The van der Waals surface area contributed by atoms with Crippen LogP contribution in [0.2, 0.25) is 0 Å². The zero-order valence-corrected chi connectivity index (χ0v) is 12.2. The molecule has 0 saturated heterocycles. The predicted molar refractivity (Wildman–Crippen MR) is 76.2 cm³/mol. The molecule has 5 heteroatoms. The lowest BCUT2D eigenvalue weighted by molar-refractivity contribution is -0.143. The number of furan rings is 1. The molecule has 1 N–H and O–H groups in total. The van der Waals surface area contributed by atoms with Gasteiger partial charge in [-0.2, -0.15) is 0 Å². The highest BCUT2D eigenvalue weighted by atomic mass is 19.1. The van der Waals surface area contributed by atoms with Gasteiger partial charge in [0.05, 0.1) is 13.2 Å². The van der Waals surface area contributed by atoms with E-state index in [0.29, 0.717) is 5.56 Å². The molecule has 0 spiro atoms. The van der Waals surface area contributed by atoms with Crippen molar-refractivity contribution in [1.82, 2.24) is 5.32 Å². The summed E-state index contributed by atoms with van der Waals surface area (Å²) in [4.78, 5) is 12.0.